The molecule has 0 spiro atoms. The van der Waals surface area contributed by atoms with E-state index in [0.29, 0.717) is 0 Å². The zero-order chi connectivity index (χ0) is 11.6. The maximum atomic E-state index is 11.3. The lowest BCUT2D eigenvalue weighted by molar-refractivity contribution is -0.121. The first kappa shape index (κ1) is 12.0. The molecule has 0 aromatic carbocycles. The zero-order valence-corrected chi connectivity index (χ0v) is 9.00. The number of hydrogen-bond donors (Lipinski definition) is 2. The van der Waals surface area contributed by atoms with Crippen LogP contribution < -0.4 is 11.5 Å². The van der Waals surface area contributed by atoms with Crippen LogP contribution in [0.15, 0.2) is 0 Å². The Hall–Kier alpha value is -1.11. The van der Waals surface area contributed by atoms with Crippen molar-refractivity contribution in [1.82, 2.24) is 0 Å². The van der Waals surface area contributed by atoms with Gasteiger partial charge in [-0.1, -0.05) is 0 Å². The van der Waals surface area contributed by atoms with Crippen molar-refractivity contribution >= 4 is 21.7 Å². The van der Waals surface area contributed by atoms with Gasteiger partial charge in [0.05, 0.1) is 11.5 Å². The first-order chi connectivity index (χ1) is 6.80. The predicted molar refractivity (Wildman–Crippen MR) is 53.3 cm³/mol. The monoisotopic (exact) mass is 234 g/mol. The second-order valence-corrected chi connectivity index (χ2v) is 6.09. The zero-order valence-electron chi connectivity index (χ0n) is 8.18. The van der Waals surface area contributed by atoms with Crippen molar-refractivity contribution in [1.29, 1.82) is 0 Å². The molecule has 86 valence electrons. The Morgan fingerprint density at radius 3 is 1.60 bits per heavy atom. The van der Waals surface area contributed by atoms with Gasteiger partial charge in [0.2, 0.25) is 11.8 Å². The van der Waals surface area contributed by atoms with Gasteiger partial charge < -0.3 is 11.5 Å². The molecule has 0 aromatic rings. The molecule has 0 saturated carbocycles. The minimum absolute atomic E-state index is 0.00280. The van der Waals surface area contributed by atoms with E-state index in [1.54, 1.807) is 0 Å². The number of amides is 2. The first-order valence-corrected chi connectivity index (χ1v) is 6.39. The van der Waals surface area contributed by atoms with Gasteiger partial charge in [0.25, 0.3) is 0 Å². The minimum Gasteiger partial charge on any atom is -0.370 e. The molecule has 1 heterocycles. The number of carbonyl (C=O) groups excluding carboxylic acids is 2. The average Bonchev–Trinajstić information content (AvgIpc) is 2.22. The molecule has 7 heteroatoms. The second kappa shape index (κ2) is 4.18. The molecule has 0 unspecified atom stereocenters. The SMILES string of the molecule is NC(=O)C[C@@H]1CS(=O)(=O)C[C@H]1CC(N)=O. The van der Waals surface area contributed by atoms with Crippen LogP contribution >= 0.6 is 0 Å². The van der Waals surface area contributed by atoms with Crippen LogP contribution in [0.25, 0.3) is 0 Å². The van der Waals surface area contributed by atoms with Gasteiger partial charge in [0.1, 0.15) is 0 Å². The van der Waals surface area contributed by atoms with E-state index >= 15 is 0 Å². The number of sulfone groups is 1. The molecule has 1 rings (SSSR count). The topological polar surface area (TPSA) is 120 Å². The van der Waals surface area contributed by atoms with Crippen molar-refractivity contribution in [3.8, 4) is 0 Å². The van der Waals surface area contributed by atoms with E-state index in [1.807, 2.05) is 0 Å². The summed E-state index contributed by atoms with van der Waals surface area (Å²) in [5.74, 6) is -1.97. The van der Waals surface area contributed by atoms with Crippen LogP contribution in [0.1, 0.15) is 12.8 Å². The fraction of sp³-hybridized carbons (Fsp3) is 0.750. The van der Waals surface area contributed by atoms with Gasteiger partial charge in [-0.15, -0.1) is 0 Å². The van der Waals surface area contributed by atoms with Crippen LogP contribution in [0.2, 0.25) is 0 Å². The summed E-state index contributed by atoms with van der Waals surface area (Å²) < 4.78 is 22.6. The van der Waals surface area contributed by atoms with Crippen molar-refractivity contribution in [2.24, 2.45) is 23.3 Å². The van der Waals surface area contributed by atoms with Crippen molar-refractivity contribution in [2.45, 2.75) is 12.8 Å². The largest absolute Gasteiger partial charge is 0.370 e. The highest BCUT2D eigenvalue weighted by Crippen LogP contribution is 2.30. The van der Waals surface area contributed by atoms with E-state index in [4.69, 9.17) is 11.5 Å². The van der Waals surface area contributed by atoms with Gasteiger partial charge in [-0.3, -0.25) is 9.59 Å². The highest BCUT2D eigenvalue weighted by atomic mass is 32.2. The van der Waals surface area contributed by atoms with Crippen LogP contribution in [0.5, 0.6) is 0 Å². The van der Waals surface area contributed by atoms with Gasteiger partial charge in [-0.25, -0.2) is 8.42 Å². The number of hydrogen-bond acceptors (Lipinski definition) is 4. The van der Waals surface area contributed by atoms with Crippen LogP contribution in [-0.4, -0.2) is 31.7 Å². The Labute approximate surface area is 87.9 Å². The molecule has 0 aromatic heterocycles. The molecule has 2 atom stereocenters. The quantitative estimate of drug-likeness (QED) is 0.608. The summed E-state index contributed by atoms with van der Waals surface area (Å²) in [6.07, 6.45) is -0.00560. The van der Waals surface area contributed by atoms with E-state index in [9.17, 15) is 18.0 Å². The van der Waals surface area contributed by atoms with Crippen molar-refractivity contribution in [3.05, 3.63) is 0 Å². The second-order valence-electron chi connectivity index (χ2n) is 3.94. The van der Waals surface area contributed by atoms with Gasteiger partial charge in [0, 0.05) is 12.8 Å². The number of rotatable bonds is 4. The highest BCUT2D eigenvalue weighted by molar-refractivity contribution is 7.91. The Morgan fingerprint density at radius 2 is 1.33 bits per heavy atom. The van der Waals surface area contributed by atoms with E-state index in [-0.39, 0.29) is 36.2 Å². The normalized spacial score (nSPS) is 28.8. The summed E-state index contributed by atoms with van der Waals surface area (Å²) in [5.41, 5.74) is 10.0. The Morgan fingerprint density at radius 1 is 1.00 bits per heavy atom. The number of nitrogens with two attached hydrogens (primary N) is 2. The molecule has 1 aliphatic rings. The third kappa shape index (κ3) is 3.50. The molecule has 0 radical (unpaired) electrons. The molecule has 0 aliphatic carbocycles. The van der Waals surface area contributed by atoms with Gasteiger partial charge in [-0.2, -0.15) is 0 Å². The summed E-state index contributed by atoms with van der Waals surface area (Å²) in [6, 6.07) is 0. The van der Waals surface area contributed by atoms with Gasteiger partial charge in [-0.05, 0) is 11.8 Å². The fourth-order valence-corrected chi connectivity index (χ4v) is 4.18. The minimum atomic E-state index is -3.15. The average molecular weight is 234 g/mol. The molecule has 4 N–H and O–H groups in total. The Bertz CT molecular complexity index is 346. The van der Waals surface area contributed by atoms with Gasteiger partial charge in [0.15, 0.2) is 9.84 Å². The molecule has 1 fully saturated rings. The maximum Gasteiger partial charge on any atom is 0.217 e. The van der Waals surface area contributed by atoms with Crippen LogP contribution in [0, 0.1) is 11.8 Å². The van der Waals surface area contributed by atoms with E-state index in [1.165, 1.54) is 0 Å². The lowest BCUT2D eigenvalue weighted by Gasteiger charge is -2.13. The summed E-state index contributed by atoms with van der Waals surface area (Å²) in [6.45, 7) is 0. The molecule has 15 heavy (non-hydrogen) atoms. The number of carbonyl (C=O) groups is 2. The fourth-order valence-electron chi connectivity index (χ4n) is 1.96. The summed E-state index contributed by atoms with van der Waals surface area (Å²) in [7, 11) is -3.15. The lowest BCUT2D eigenvalue weighted by atomic mass is 9.90. The summed E-state index contributed by atoms with van der Waals surface area (Å²) in [4.78, 5) is 21.4. The Balaban J connectivity index is 2.74. The number of primary amides is 2. The molecule has 1 aliphatic heterocycles. The third-order valence-corrected chi connectivity index (χ3v) is 4.40. The molecular weight excluding hydrogens is 220 g/mol. The van der Waals surface area contributed by atoms with E-state index < -0.39 is 21.7 Å². The van der Waals surface area contributed by atoms with E-state index in [2.05, 4.69) is 0 Å². The predicted octanol–water partition coefficient (Wildman–Crippen LogP) is -1.60. The molecule has 2 amide bonds. The lowest BCUT2D eigenvalue weighted by Crippen LogP contribution is -2.25. The highest BCUT2D eigenvalue weighted by Gasteiger charge is 2.38. The van der Waals surface area contributed by atoms with Crippen LogP contribution in [0.4, 0.5) is 0 Å². The van der Waals surface area contributed by atoms with Crippen LogP contribution in [-0.2, 0) is 19.4 Å². The summed E-state index contributed by atoms with van der Waals surface area (Å²) in [5, 5.41) is 0. The molecule has 1 saturated heterocycles. The van der Waals surface area contributed by atoms with Crippen LogP contribution in [0.3, 0.4) is 0 Å². The van der Waals surface area contributed by atoms with Crippen molar-refractivity contribution < 1.29 is 18.0 Å². The Kier molecular flexibility index (Phi) is 3.33. The van der Waals surface area contributed by atoms with Gasteiger partial charge >= 0.3 is 0 Å². The smallest absolute Gasteiger partial charge is 0.217 e. The molecular formula is C8H14N2O4S. The standard InChI is InChI=1S/C8H14N2O4S/c9-7(11)1-5-3-15(13,14)4-6(5)2-8(10)12/h5-6H,1-4H2,(H2,9,11)(H2,10,12)/t5-,6-/m1/s1. The molecule has 6 nitrogen and oxygen atoms in total. The molecule has 0 bridgehead atoms. The maximum absolute atomic E-state index is 11.3. The van der Waals surface area contributed by atoms with Crippen molar-refractivity contribution in [3.63, 3.8) is 0 Å². The third-order valence-electron chi connectivity index (χ3n) is 2.53. The first-order valence-electron chi connectivity index (χ1n) is 4.57. The summed E-state index contributed by atoms with van der Waals surface area (Å²) >= 11 is 0. The van der Waals surface area contributed by atoms with Crippen molar-refractivity contribution in [2.75, 3.05) is 11.5 Å². The van der Waals surface area contributed by atoms with E-state index in [0.717, 1.165) is 0 Å².